The van der Waals surface area contributed by atoms with E-state index < -0.39 is 30.4 Å². The molecule has 1 heterocycles. The fourth-order valence-electron chi connectivity index (χ4n) is 2.90. The summed E-state index contributed by atoms with van der Waals surface area (Å²) >= 11 is 0. The SMILES string of the molecule is CC[C@@H]1O[C@@H]([C@H](O)/C=C/[C@H](O)C/C=C\C/C=C\C/C=C\CCC(=O)O)C[C@H]1O. The Labute approximate surface area is 167 Å². The van der Waals surface area contributed by atoms with Gasteiger partial charge in [-0.05, 0) is 32.1 Å². The highest BCUT2D eigenvalue weighted by atomic mass is 16.5. The summed E-state index contributed by atoms with van der Waals surface area (Å²) in [4.78, 5) is 10.3. The van der Waals surface area contributed by atoms with Crippen LogP contribution in [0, 0.1) is 0 Å². The minimum absolute atomic E-state index is 0.158. The van der Waals surface area contributed by atoms with Gasteiger partial charge >= 0.3 is 5.97 Å². The summed E-state index contributed by atoms with van der Waals surface area (Å²) in [6, 6.07) is 0. The molecule has 0 spiro atoms. The molecular weight excluding hydrogens is 360 g/mol. The number of allylic oxidation sites excluding steroid dienone is 5. The number of carboxylic acids is 1. The van der Waals surface area contributed by atoms with Gasteiger partial charge in [0.25, 0.3) is 0 Å². The van der Waals surface area contributed by atoms with E-state index >= 15 is 0 Å². The minimum Gasteiger partial charge on any atom is -0.481 e. The van der Waals surface area contributed by atoms with Gasteiger partial charge in [-0.2, -0.15) is 0 Å². The van der Waals surface area contributed by atoms with Crippen LogP contribution >= 0.6 is 0 Å². The van der Waals surface area contributed by atoms with Gasteiger partial charge in [0.2, 0.25) is 0 Å². The normalized spacial score (nSPS) is 25.5. The molecule has 1 saturated heterocycles. The Hall–Kier alpha value is -1.73. The molecule has 0 saturated carbocycles. The van der Waals surface area contributed by atoms with Gasteiger partial charge in [-0.1, -0.05) is 55.5 Å². The number of carbonyl (C=O) groups is 1. The summed E-state index contributed by atoms with van der Waals surface area (Å²) in [6.45, 7) is 1.93. The second-order valence-electron chi connectivity index (χ2n) is 6.92. The Balaban J connectivity index is 2.16. The first-order chi connectivity index (χ1) is 13.4. The monoisotopic (exact) mass is 394 g/mol. The highest BCUT2D eigenvalue weighted by Crippen LogP contribution is 2.25. The summed E-state index contributed by atoms with van der Waals surface area (Å²) in [5, 5.41) is 38.4. The second-order valence-corrected chi connectivity index (χ2v) is 6.92. The van der Waals surface area contributed by atoms with Crippen LogP contribution in [0.15, 0.2) is 48.6 Å². The molecule has 0 aromatic rings. The number of ether oxygens (including phenoxy) is 1. The van der Waals surface area contributed by atoms with Crippen molar-refractivity contribution in [3.63, 3.8) is 0 Å². The Bertz CT molecular complexity index is 551. The molecular formula is C22H34O6. The summed E-state index contributed by atoms with van der Waals surface area (Å²) < 4.78 is 5.61. The molecule has 0 aliphatic carbocycles. The van der Waals surface area contributed by atoms with Crippen molar-refractivity contribution in [1.29, 1.82) is 0 Å². The maximum atomic E-state index is 10.3. The Morgan fingerprint density at radius 1 is 1.07 bits per heavy atom. The van der Waals surface area contributed by atoms with Crippen molar-refractivity contribution in [2.75, 3.05) is 0 Å². The third-order valence-corrected chi connectivity index (χ3v) is 4.51. The Kier molecular flexibility index (Phi) is 12.4. The van der Waals surface area contributed by atoms with Crippen LogP contribution in [0.25, 0.3) is 0 Å². The maximum absolute atomic E-state index is 10.3. The number of aliphatic carboxylic acids is 1. The molecule has 4 N–H and O–H groups in total. The van der Waals surface area contributed by atoms with Crippen LogP contribution in [0.1, 0.15) is 51.9 Å². The van der Waals surface area contributed by atoms with E-state index in [-0.39, 0.29) is 12.5 Å². The van der Waals surface area contributed by atoms with Crippen LogP contribution in [0.4, 0.5) is 0 Å². The summed E-state index contributed by atoms with van der Waals surface area (Å²) in [6.07, 6.45) is 15.9. The van der Waals surface area contributed by atoms with Gasteiger partial charge in [0, 0.05) is 12.8 Å². The highest BCUT2D eigenvalue weighted by Gasteiger charge is 2.35. The molecule has 0 radical (unpaired) electrons. The zero-order chi connectivity index (χ0) is 20.8. The van der Waals surface area contributed by atoms with E-state index in [2.05, 4.69) is 0 Å². The highest BCUT2D eigenvalue weighted by molar-refractivity contribution is 5.66. The van der Waals surface area contributed by atoms with Crippen molar-refractivity contribution in [1.82, 2.24) is 0 Å². The summed E-state index contributed by atoms with van der Waals surface area (Å²) in [7, 11) is 0. The molecule has 5 atom stereocenters. The fraction of sp³-hybridized carbons (Fsp3) is 0.591. The van der Waals surface area contributed by atoms with Crippen molar-refractivity contribution in [3.8, 4) is 0 Å². The van der Waals surface area contributed by atoms with Crippen molar-refractivity contribution in [2.24, 2.45) is 0 Å². The van der Waals surface area contributed by atoms with Gasteiger partial charge in [0.1, 0.15) is 0 Å². The Morgan fingerprint density at radius 3 is 2.32 bits per heavy atom. The van der Waals surface area contributed by atoms with Gasteiger partial charge in [0.05, 0.1) is 30.5 Å². The quantitative estimate of drug-likeness (QED) is 0.358. The van der Waals surface area contributed by atoms with Crippen molar-refractivity contribution in [2.45, 2.75) is 82.4 Å². The zero-order valence-electron chi connectivity index (χ0n) is 16.6. The van der Waals surface area contributed by atoms with Crippen molar-refractivity contribution in [3.05, 3.63) is 48.6 Å². The van der Waals surface area contributed by atoms with E-state index in [9.17, 15) is 20.1 Å². The van der Waals surface area contributed by atoms with Crippen LogP contribution in [-0.4, -0.2) is 56.9 Å². The molecule has 1 aliphatic rings. The lowest BCUT2D eigenvalue weighted by Gasteiger charge is -2.16. The predicted octanol–water partition coefficient (Wildman–Crippen LogP) is 2.90. The molecule has 6 heteroatoms. The molecule has 0 amide bonds. The standard InChI is InChI=1S/C22H34O6/c1-2-20-19(25)16-21(28-20)18(24)15-14-17(23)12-10-8-6-4-3-5-7-9-11-13-22(26)27/h3-4,7-10,14-15,17-21,23-25H,2,5-6,11-13,16H2,1H3,(H,26,27)/b4-3-,9-7-,10-8-,15-14+/t17-,18-,19-,20+,21-/m1/s1. The average molecular weight is 395 g/mol. The van der Waals surface area contributed by atoms with E-state index in [1.54, 1.807) is 6.08 Å². The molecule has 158 valence electrons. The molecule has 1 fully saturated rings. The molecule has 28 heavy (non-hydrogen) atoms. The Morgan fingerprint density at radius 2 is 1.71 bits per heavy atom. The number of rotatable bonds is 13. The van der Waals surface area contributed by atoms with Gasteiger partial charge in [0.15, 0.2) is 0 Å². The number of aliphatic hydroxyl groups is 3. The molecule has 1 aliphatic heterocycles. The second kappa shape index (κ2) is 14.3. The summed E-state index contributed by atoms with van der Waals surface area (Å²) in [5.41, 5.74) is 0. The van der Waals surface area contributed by atoms with Crippen LogP contribution in [0.2, 0.25) is 0 Å². The van der Waals surface area contributed by atoms with E-state index in [1.165, 1.54) is 6.08 Å². The molecule has 0 aromatic carbocycles. The predicted molar refractivity (Wildman–Crippen MR) is 109 cm³/mol. The van der Waals surface area contributed by atoms with Gasteiger partial charge in [-0.25, -0.2) is 0 Å². The van der Waals surface area contributed by atoms with Crippen LogP contribution in [0.3, 0.4) is 0 Å². The van der Waals surface area contributed by atoms with E-state index in [4.69, 9.17) is 9.84 Å². The minimum atomic E-state index is -0.837. The first-order valence-corrected chi connectivity index (χ1v) is 9.98. The largest absolute Gasteiger partial charge is 0.481 e. The smallest absolute Gasteiger partial charge is 0.303 e. The van der Waals surface area contributed by atoms with Crippen LogP contribution < -0.4 is 0 Å². The van der Waals surface area contributed by atoms with E-state index in [0.29, 0.717) is 25.7 Å². The lowest BCUT2D eigenvalue weighted by Crippen LogP contribution is -2.24. The third kappa shape index (κ3) is 10.6. The summed E-state index contributed by atoms with van der Waals surface area (Å²) in [5.74, 6) is -0.785. The number of carboxylic acid groups (broad SMARTS) is 1. The number of hydrogen-bond acceptors (Lipinski definition) is 5. The molecule has 0 bridgehead atoms. The number of aliphatic hydroxyl groups excluding tert-OH is 3. The molecule has 0 unspecified atom stereocenters. The van der Waals surface area contributed by atoms with Crippen molar-refractivity contribution >= 4 is 5.97 Å². The lowest BCUT2D eigenvalue weighted by atomic mass is 10.1. The number of hydrogen-bond donors (Lipinski definition) is 4. The topological polar surface area (TPSA) is 107 Å². The first kappa shape index (κ1) is 24.3. The average Bonchev–Trinajstić information content (AvgIpc) is 3.04. The van der Waals surface area contributed by atoms with E-state index in [0.717, 1.165) is 12.8 Å². The van der Waals surface area contributed by atoms with Gasteiger partial charge < -0.3 is 25.2 Å². The molecule has 6 nitrogen and oxygen atoms in total. The fourth-order valence-corrected chi connectivity index (χ4v) is 2.90. The van der Waals surface area contributed by atoms with Crippen LogP contribution in [-0.2, 0) is 9.53 Å². The first-order valence-electron chi connectivity index (χ1n) is 9.98. The molecule has 0 aromatic heterocycles. The van der Waals surface area contributed by atoms with Gasteiger partial charge in [-0.15, -0.1) is 0 Å². The lowest BCUT2D eigenvalue weighted by molar-refractivity contribution is -0.136. The van der Waals surface area contributed by atoms with Crippen molar-refractivity contribution < 1.29 is 30.0 Å². The third-order valence-electron chi connectivity index (χ3n) is 4.51. The maximum Gasteiger partial charge on any atom is 0.303 e. The van der Waals surface area contributed by atoms with Crippen LogP contribution in [0.5, 0.6) is 0 Å². The van der Waals surface area contributed by atoms with Gasteiger partial charge in [-0.3, -0.25) is 4.79 Å². The van der Waals surface area contributed by atoms with E-state index in [1.807, 2.05) is 43.4 Å². The zero-order valence-corrected chi connectivity index (χ0v) is 16.6. The molecule has 1 rings (SSSR count).